The monoisotopic (exact) mass is 252 g/mol. The molecule has 0 amide bonds. The van der Waals surface area contributed by atoms with Gasteiger partial charge in [-0.15, -0.1) is 0 Å². The molecule has 5 heteroatoms. The number of ether oxygens (including phenoxy) is 1. The van der Waals surface area contributed by atoms with Crippen molar-refractivity contribution in [2.75, 3.05) is 37.4 Å². The van der Waals surface area contributed by atoms with Gasteiger partial charge in [-0.3, -0.25) is 0 Å². The van der Waals surface area contributed by atoms with E-state index in [1.807, 2.05) is 17.9 Å². The van der Waals surface area contributed by atoms with Crippen molar-refractivity contribution in [2.24, 2.45) is 0 Å². The summed E-state index contributed by atoms with van der Waals surface area (Å²) in [5.41, 5.74) is 7.51. The van der Waals surface area contributed by atoms with E-state index in [4.69, 9.17) is 10.8 Å². The minimum atomic E-state index is -0.449. The van der Waals surface area contributed by atoms with Gasteiger partial charge in [0.05, 0.1) is 30.7 Å². The van der Waals surface area contributed by atoms with E-state index in [1.165, 1.54) is 7.11 Å². The average molecular weight is 252 g/mol. The Kier molecular flexibility index (Phi) is 5.45. The molecule has 100 valence electrons. The third-order valence-corrected chi connectivity index (χ3v) is 2.69. The van der Waals surface area contributed by atoms with Crippen LogP contribution in [-0.2, 0) is 4.74 Å². The number of para-hydroxylation sites is 1. The van der Waals surface area contributed by atoms with Crippen molar-refractivity contribution in [3.05, 3.63) is 23.8 Å². The van der Waals surface area contributed by atoms with Crippen molar-refractivity contribution in [3.8, 4) is 0 Å². The zero-order valence-corrected chi connectivity index (χ0v) is 10.8. The van der Waals surface area contributed by atoms with E-state index in [0.717, 1.165) is 18.7 Å². The Bertz CT molecular complexity index is 401. The average Bonchev–Trinajstić information content (AvgIpc) is 2.38. The van der Waals surface area contributed by atoms with Gasteiger partial charge in [-0.05, 0) is 18.6 Å². The smallest absolute Gasteiger partial charge is 0.340 e. The lowest BCUT2D eigenvalue weighted by molar-refractivity contribution is 0.0602. The van der Waals surface area contributed by atoms with Crippen LogP contribution in [0.1, 0.15) is 23.7 Å². The molecular weight excluding hydrogens is 232 g/mol. The molecule has 0 radical (unpaired) electrons. The van der Waals surface area contributed by atoms with Crippen LogP contribution in [-0.4, -0.2) is 37.9 Å². The Hall–Kier alpha value is -1.75. The Balaban J connectivity index is 3.10. The molecule has 0 saturated carbocycles. The zero-order valence-electron chi connectivity index (χ0n) is 10.8. The fourth-order valence-electron chi connectivity index (χ4n) is 1.86. The Morgan fingerprint density at radius 2 is 2.17 bits per heavy atom. The highest BCUT2D eigenvalue weighted by atomic mass is 16.5. The molecule has 18 heavy (non-hydrogen) atoms. The normalized spacial score (nSPS) is 10.2. The van der Waals surface area contributed by atoms with Crippen LogP contribution in [0.2, 0.25) is 0 Å². The van der Waals surface area contributed by atoms with Crippen LogP contribution in [0, 0.1) is 0 Å². The van der Waals surface area contributed by atoms with E-state index < -0.39 is 5.97 Å². The summed E-state index contributed by atoms with van der Waals surface area (Å²) in [6, 6.07) is 5.23. The maximum Gasteiger partial charge on any atom is 0.340 e. The topological polar surface area (TPSA) is 75.8 Å². The molecule has 0 atom stereocenters. The summed E-state index contributed by atoms with van der Waals surface area (Å²) in [6.45, 7) is 3.35. The van der Waals surface area contributed by atoms with Crippen LogP contribution in [0.4, 0.5) is 11.4 Å². The number of methoxy groups -OCH3 is 1. The second-order valence-corrected chi connectivity index (χ2v) is 3.94. The number of aliphatic hydroxyl groups excluding tert-OH is 1. The van der Waals surface area contributed by atoms with Crippen molar-refractivity contribution < 1.29 is 14.6 Å². The second kappa shape index (κ2) is 6.86. The number of nitrogens with zero attached hydrogens (tertiary/aromatic N) is 1. The molecule has 5 nitrogen and oxygen atoms in total. The molecule has 1 aromatic rings. The Labute approximate surface area is 107 Å². The molecule has 0 aliphatic rings. The molecule has 0 fully saturated rings. The highest BCUT2D eigenvalue weighted by Gasteiger charge is 2.16. The Morgan fingerprint density at radius 1 is 1.44 bits per heavy atom. The van der Waals surface area contributed by atoms with Crippen LogP contribution in [0.15, 0.2) is 18.2 Å². The number of nitrogen functional groups attached to an aromatic ring is 1. The number of esters is 1. The van der Waals surface area contributed by atoms with E-state index >= 15 is 0 Å². The van der Waals surface area contributed by atoms with Gasteiger partial charge in [0.1, 0.15) is 0 Å². The van der Waals surface area contributed by atoms with E-state index in [-0.39, 0.29) is 6.61 Å². The number of nitrogens with two attached hydrogens (primary N) is 1. The van der Waals surface area contributed by atoms with Gasteiger partial charge < -0.3 is 20.5 Å². The fraction of sp³-hybridized carbons (Fsp3) is 0.462. The molecule has 0 saturated heterocycles. The van der Waals surface area contributed by atoms with Gasteiger partial charge >= 0.3 is 5.97 Å². The Morgan fingerprint density at radius 3 is 2.72 bits per heavy atom. The van der Waals surface area contributed by atoms with Crippen molar-refractivity contribution in [1.29, 1.82) is 0 Å². The van der Waals surface area contributed by atoms with Crippen molar-refractivity contribution in [3.63, 3.8) is 0 Å². The molecule has 0 aromatic heterocycles. The molecule has 0 aliphatic heterocycles. The van der Waals surface area contributed by atoms with E-state index in [1.54, 1.807) is 12.1 Å². The molecule has 3 N–H and O–H groups in total. The third kappa shape index (κ3) is 3.13. The molecule has 0 bridgehead atoms. The number of carbonyl (C=O) groups excluding carboxylic acids is 1. The van der Waals surface area contributed by atoms with Crippen LogP contribution in [0.25, 0.3) is 0 Å². The first-order valence-electron chi connectivity index (χ1n) is 5.98. The highest BCUT2D eigenvalue weighted by molar-refractivity contribution is 5.98. The molecule has 0 unspecified atom stereocenters. The minimum Gasteiger partial charge on any atom is -0.465 e. The zero-order chi connectivity index (χ0) is 13.5. The number of aliphatic hydroxyl groups is 1. The molecule has 1 aromatic carbocycles. The summed E-state index contributed by atoms with van der Waals surface area (Å²) in [4.78, 5) is 13.5. The summed E-state index contributed by atoms with van der Waals surface area (Å²) in [5, 5.41) is 9.07. The highest BCUT2D eigenvalue weighted by Crippen LogP contribution is 2.27. The maximum absolute atomic E-state index is 11.6. The van der Waals surface area contributed by atoms with Crippen molar-refractivity contribution in [2.45, 2.75) is 13.3 Å². The third-order valence-electron chi connectivity index (χ3n) is 2.69. The van der Waals surface area contributed by atoms with Gasteiger partial charge in [-0.25, -0.2) is 4.79 Å². The van der Waals surface area contributed by atoms with E-state index in [0.29, 0.717) is 17.8 Å². The van der Waals surface area contributed by atoms with Gasteiger partial charge in [0.2, 0.25) is 0 Å². The van der Waals surface area contributed by atoms with Gasteiger partial charge in [-0.2, -0.15) is 0 Å². The summed E-state index contributed by atoms with van der Waals surface area (Å²) < 4.78 is 4.68. The number of rotatable bonds is 6. The number of benzene rings is 1. The van der Waals surface area contributed by atoms with E-state index in [9.17, 15) is 4.79 Å². The lowest BCUT2D eigenvalue weighted by Gasteiger charge is -2.25. The summed E-state index contributed by atoms with van der Waals surface area (Å²) >= 11 is 0. The predicted molar refractivity (Wildman–Crippen MR) is 71.8 cm³/mol. The van der Waals surface area contributed by atoms with Gasteiger partial charge in [-0.1, -0.05) is 13.0 Å². The van der Waals surface area contributed by atoms with Crippen LogP contribution in [0.5, 0.6) is 0 Å². The van der Waals surface area contributed by atoms with Gasteiger partial charge in [0.15, 0.2) is 0 Å². The number of hydrogen-bond acceptors (Lipinski definition) is 5. The number of carbonyl (C=O) groups is 1. The molecular formula is C13H20N2O3. The first-order valence-corrected chi connectivity index (χ1v) is 5.98. The second-order valence-electron chi connectivity index (χ2n) is 3.94. The lowest BCUT2D eigenvalue weighted by atomic mass is 10.1. The summed E-state index contributed by atoms with van der Waals surface area (Å²) in [5.74, 6) is -0.449. The van der Waals surface area contributed by atoms with Crippen LogP contribution < -0.4 is 10.6 Å². The van der Waals surface area contributed by atoms with Crippen molar-refractivity contribution in [1.82, 2.24) is 0 Å². The standard InChI is InChI=1S/C13H20N2O3/c1-3-7-15(8-9-16)11-6-4-5-10(12(11)14)13(17)18-2/h4-6,16H,3,7-9,14H2,1-2H3. The maximum atomic E-state index is 11.6. The minimum absolute atomic E-state index is 0.0435. The molecule has 0 spiro atoms. The van der Waals surface area contributed by atoms with Crippen LogP contribution in [0.3, 0.4) is 0 Å². The molecule has 0 heterocycles. The number of hydrogen-bond donors (Lipinski definition) is 2. The molecule has 0 aliphatic carbocycles. The van der Waals surface area contributed by atoms with Crippen molar-refractivity contribution >= 4 is 17.3 Å². The molecule has 1 rings (SSSR count). The first kappa shape index (κ1) is 14.3. The quantitative estimate of drug-likeness (QED) is 0.589. The SMILES string of the molecule is CCCN(CCO)c1cccc(C(=O)OC)c1N. The van der Waals surface area contributed by atoms with Gasteiger partial charge in [0, 0.05) is 13.1 Å². The number of anilines is 2. The predicted octanol–water partition coefficient (Wildman–Crippen LogP) is 1.26. The van der Waals surface area contributed by atoms with Gasteiger partial charge in [0.25, 0.3) is 0 Å². The summed E-state index contributed by atoms with van der Waals surface area (Å²) in [6.07, 6.45) is 0.932. The van der Waals surface area contributed by atoms with Crippen LogP contribution >= 0.6 is 0 Å². The largest absolute Gasteiger partial charge is 0.465 e. The van der Waals surface area contributed by atoms with E-state index in [2.05, 4.69) is 4.74 Å². The first-order chi connectivity index (χ1) is 8.65. The lowest BCUT2D eigenvalue weighted by Crippen LogP contribution is -2.28. The summed E-state index contributed by atoms with van der Waals surface area (Å²) in [7, 11) is 1.33. The fourth-order valence-corrected chi connectivity index (χ4v) is 1.86.